The van der Waals surface area contributed by atoms with Gasteiger partial charge in [0, 0.05) is 23.5 Å². The standard InChI is InChI=1S/C17H18N2O/c1-3-19(15-7-5-4-6-8-15)17-11-14(12-18)9-10-16(17)13(2)20/h4-11,13,20H,3H2,1-2H3/t13-/m1/s1. The van der Waals surface area contributed by atoms with E-state index in [9.17, 15) is 5.11 Å². The molecule has 0 unspecified atom stereocenters. The maximum absolute atomic E-state index is 9.95. The fourth-order valence-electron chi connectivity index (χ4n) is 2.30. The van der Waals surface area contributed by atoms with Gasteiger partial charge in [0.15, 0.2) is 0 Å². The van der Waals surface area contributed by atoms with E-state index in [0.717, 1.165) is 23.5 Å². The van der Waals surface area contributed by atoms with Crippen LogP contribution in [0.15, 0.2) is 48.5 Å². The number of nitrogens with zero attached hydrogens (tertiary/aromatic N) is 2. The number of aliphatic hydroxyl groups excluding tert-OH is 1. The highest BCUT2D eigenvalue weighted by Crippen LogP contribution is 2.32. The van der Waals surface area contributed by atoms with Crippen molar-refractivity contribution in [3.63, 3.8) is 0 Å². The van der Waals surface area contributed by atoms with Crippen molar-refractivity contribution in [2.75, 3.05) is 11.4 Å². The van der Waals surface area contributed by atoms with Crippen LogP contribution in [0.4, 0.5) is 11.4 Å². The monoisotopic (exact) mass is 266 g/mol. The van der Waals surface area contributed by atoms with Gasteiger partial charge in [-0.05, 0) is 38.1 Å². The highest BCUT2D eigenvalue weighted by atomic mass is 16.3. The number of nitriles is 1. The Morgan fingerprint density at radius 3 is 2.45 bits per heavy atom. The Morgan fingerprint density at radius 2 is 1.90 bits per heavy atom. The zero-order chi connectivity index (χ0) is 14.5. The summed E-state index contributed by atoms with van der Waals surface area (Å²) in [6, 6.07) is 17.5. The SMILES string of the molecule is CCN(c1ccccc1)c1cc(C#N)ccc1[C@@H](C)O. The van der Waals surface area contributed by atoms with Crippen molar-refractivity contribution in [3.05, 3.63) is 59.7 Å². The summed E-state index contributed by atoms with van der Waals surface area (Å²) in [5, 5.41) is 19.0. The first kappa shape index (κ1) is 14.1. The predicted molar refractivity (Wildman–Crippen MR) is 80.9 cm³/mol. The highest BCUT2D eigenvalue weighted by molar-refractivity contribution is 5.68. The van der Waals surface area contributed by atoms with Gasteiger partial charge in [-0.25, -0.2) is 0 Å². The van der Waals surface area contributed by atoms with Gasteiger partial charge in [-0.2, -0.15) is 5.26 Å². The van der Waals surface area contributed by atoms with Gasteiger partial charge in [0.25, 0.3) is 0 Å². The van der Waals surface area contributed by atoms with E-state index in [1.54, 1.807) is 13.0 Å². The molecule has 0 aliphatic heterocycles. The van der Waals surface area contributed by atoms with Crippen LogP contribution in [0.25, 0.3) is 0 Å². The van der Waals surface area contributed by atoms with Crippen LogP contribution >= 0.6 is 0 Å². The molecule has 1 N–H and O–H groups in total. The molecule has 0 spiro atoms. The molecule has 0 saturated carbocycles. The lowest BCUT2D eigenvalue weighted by molar-refractivity contribution is 0.200. The smallest absolute Gasteiger partial charge is 0.0992 e. The molecule has 0 aliphatic rings. The van der Waals surface area contributed by atoms with E-state index in [4.69, 9.17) is 5.26 Å². The van der Waals surface area contributed by atoms with Crippen molar-refractivity contribution in [3.8, 4) is 6.07 Å². The van der Waals surface area contributed by atoms with Crippen molar-refractivity contribution in [2.45, 2.75) is 20.0 Å². The molecule has 0 amide bonds. The number of hydrogen-bond donors (Lipinski definition) is 1. The number of para-hydroxylation sites is 1. The van der Waals surface area contributed by atoms with E-state index in [1.807, 2.05) is 42.5 Å². The normalized spacial score (nSPS) is 11.7. The summed E-state index contributed by atoms with van der Waals surface area (Å²) in [4.78, 5) is 2.10. The van der Waals surface area contributed by atoms with Crippen LogP contribution in [0.2, 0.25) is 0 Å². The molecule has 0 saturated heterocycles. The van der Waals surface area contributed by atoms with Crippen molar-refractivity contribution >= 4 is 11.4 Å². The molecule has 0 aromatic heterocycles. The largest absolute Gasteiger partial charge is 0.389 e. The lowest BCUT2D eigenvalue weighted by Crippen LogP contribution is -2.18. The first-order valence-electron chi connectivity index (χ1n) is 6.72. The molecule has 2 aromatic carbocycles. The Bertz CT molecular complexity index is 615. The van der Waals surface area contributed by atoms with Crippen LogP contribution in [-0.4, -0.2) is 11.7 Å². The summed E-state index contributed by atoms with van der Waals surface area (Å²) >= 11 is 0. The van der Waals surface area contributed by atoms with Gasteiger partial charge in [-0.1, -0.05) is 24.3 Å². The molecule has 0 radical (unpaired) electrons. The van der Waals surface area contributed by atoms with Crippen molar-refractivity contribution in [1.29, 1.82) is 5.26 Å². The van der Waals surface area contributed by atoms with Gasteiger partial charge in [-0.3, -0.25) is 0 Å². The van der Waals surface area contributed by atoms with Crippen molar-refractivity contribution in [2.24, 2.45) is 0 Å². The molecule has 102 valence electrons. The van der Waals surface area contributed by atoms with Crippen LogP contribution in [0, 0.1) is 11.3 Å². The number of aliphatic hydroxyl groups is 1. The van der Waals surface area contributed by atoms with Crippen LogP contribution in [0.3, 0.4) is 0 Å². The zero-order valence-corrected chi connectivity index (χ0v) is 11.7. The minimum absolute atomic E-state index is 0.574. The maximum Gasteiger partial charge on any atom is 0.0992 e. The van der Waals surface area contributed by atoms with Gasteiger partial charge < -0.3 is 10.0 Å². The summed E-state index contributed by atoms with van der Waals surface area (Å²) < 4.78 is 0. The average molecular weight is 266 g/mol. The second-order valence-corrected chi connectivity index (χ2v) is 4.64. The molecule has 0 fully saturated rings. The summed E-state index contributed by atoms with van der Waals surface area (Å²) in [5.41, 5.74) is 3.35. The molecular formula is C17H18N2O. The Hall–Kier alpha value is -2.31. The molecule has 20 heavy (non-hydrogen) atoms. The van der Waals surface area contributed by atoms with Crippen LogP contribution < -0.4 is 4.90 Å². The van der Waals surface area contributed by atoms with Gasteiger partial charge in [0.2, 0.25) is 0 Å². The summed E-state index contributed by atoms with van der Waals surface area (Å²) in [5.74, 6) is 0. The van der Waals surface area contributed by atoms with Gasteiger partial charge in [-0.15, -0.1) is 0 Å². The molecule has 0 heterocycles. The quantitative estimate of drug-likeness (QED) is 0.916. The van der Waals surface area contributed by atoms with E-state index >= 15 is 0 Å². The first-order valence-corrected chi connectivity index (χ1v) is 6.72. The minimum Gasteiger partial charge on any atom is -0.389 e. The predicted octanol–water partition coefficient (Wildman–Crippen LogP) is 3.77. The van der Waals surface area contributed by atoms with E-state index < -0.39 is 6.10 Å². The second kappa shape index (κ2) is 6.23. The fourth-order valence-corrected chi connectivity index (χ4v) is 2.30. The first-order chi connectivity index (χ1) is 9.67. The molecular weight excluding hydrogens is 248 g/mol. The molecule has 2 aromatic rings. The Labute approximate surface area is 119 Å². The third kappa shape index (κ3) is 2.81. The lowest BCUT2D eigenvalue weighted by atomic mass is 10.0. The molecule has 2 rings (SSSR count). The van der Waals surface area contributed by atoms with E-state index in [0.29, 0.717) is 5.56 Å². The third-order valence-corrected chi connectivity index (χ3v) is 3.28. The van der Waals surface area contributed by atoms with E-state index in [1.165, 1.54) is 0 Å². The summed E-state index contributed by atoms with van der Waals surface area (Å²) in [6.07, 6.45) is -0.574. The molecule has 1 atom stereocenters. The highest BCUT2D eigenvalue weighted by Gasteiger charge is 2.15. The molecule has 0 bridgehead atoms. The number of anilines is 2. The summed E-state index contributed by atoms with van der Waals surface area (Å²) in [7, 11) is 0. The Morgan fingerprint density at radius 1 is 1.20 bits per heavy atom. The van der Waals surface area contributed by atoms with Gasteiger partial charge in [0.05, 0.1) is 17.7 Å². The van der Waals surface area contributed by atoms with Crippen LogP contribution in [0.5, 0.6) is 0 Å². The second-order valence-electron chi connectivity index (χ2n) is 4.64. The van der Waals surface area contributed by atoms with Crippen LogP contribution in [0.1, 0.15) is 31.1 Å². The number of benzene rings is 2. The van der Waals surface area contributed by atoms with Gasteiger partial charge in [0.1, 0.15) is 0 Å². The van der Waals surface area contributed by atoms with Crippen LogP contribution in [-0.2, 0) is 0 Å². The topological polar surface area (TPSA) is 47.3 Å². The summed E-state index contributed by atoms with van der Waals surface area (Å²) in [6.45, 7) is 4.56. The zero-order valence-electron chi connectivity index (χ0n) is 11.7. The third-order valence-electron chi connectivity index (χ3n) is 3.28. The number of hydrogen-bond acceptors (Lipinski definition) is 3. The van der Waals surface area contributed by atoms with Gasteiger partial charge >= 0.3 is 0 Å². The fraction of sp³-hybridized carbons (Fsp3) is 0.235. The number of rotatable bonds is 4. The van der Waals surface area contributed by atoms with Crippen molar-refractivity contribution < 1.29 is 5.11 Å². The van der Waals surface area contributed by atoms with E-state index in [-0.39, 0.29) is 0 Å². The Kier molecular flexibility index (Phi) is 4.39. The minimum atomic E-state index is -0.574. The molecule has 3 heteroatoms. The maximum atomic E-state index is 9.95. The van der Waals surface area contributed by atoms with E-state index in [2.05, 4.69) is 17.9 Å². The lowest BCUT2D eigenvalue weighted by Gasteiger charge is -2.27. The Balaban J connectivity index is 2.56. The average Bonchev–Trinajstić information content (AvgIpc) is 2.48. The van der Waals surface area contributed by atoms with Crippen molar-refractivity contribution in [1.82, 2.24) is 0 Å². The molecule has 3 nitrogen and oxygen atoms in total. The molecule has 0 aliphatic carbocycles.